The molecule has 6 heteroatoms. The Balaban J connectivity index is 1.87. The van der Waals surface area contributed by atoms with Gasteiger partial charge in [-0.2, -0.15) is 0 Å². The molecule has 0 aromatic carbocycles. The van der Waals surface area contributed by atoms with Gasteiger partial charge < -0.3 is 10.2 Å². The molecule has 1 aromatic heterocycles. The quantitative estimate of drug-likeness (QED) is 0.794. The van der Waals surface area contributed by atoms with Crippen molar-refractivity contribution >= 4 is 38.7 Å². The number of rotatable bonds is 3. The van der Waals surface area contributed by atoms with Crippen molar-refractivity contribution in [3.63, 3.8) is 0 Å². The van der Waals surface area contributed by atoms with Crippen molar-refractivity contribution in [2.24, 2.45) is 0 Å². The Morgan fingerprint density at radius 1 is 1.80 bits per heavy atom. The maximum absolute atomic E-state index is 10.8. The van der Waals surface area contributed by atoms with Gasteiger partial charge in [-0.3, -0.25) is 4.79 Å². The van der Waals surface area contributed by atoms with E-state index < -0.39 is 0 Å². The normalized spacial score (nSPS) is 17.4. The summed E-state index contributed by atoms with van der Waals surface area (Å²) in [5.41, 5.74) is 0. The number of aromatic nitrogens is 1. The number of anilines is 1. The van der Waals surface area contributed by atoms with Crippen molar-refractivity contribution in [2.45, 2.75) is 18.2 Å². The number of hydrogen-bond acceptors (Lipinski definition) is 4. The van der Waals surface area contributed by atoms with Crippen LogP contribution < -0.4 is 5.32 Å². The van der Waals surface area contributed by atoms with E-state index >= 15 is 0 Å². The summed E-state index contributed by atoms with van der Waals surface area (Å²) in [6.07, 6.45) is 1.84. The molecule has 1 aliphatic rings. The van der Waals surface area contributed by atoms with Gasteiger partial charge in [0, 0.05) is 24.5 Å². The van der Waals surface area contributed by atoms with Gasteiger partial charge >= 0.3 is 0 Å². The van der Waals surface area contributed by atoms with Crippen molar-refractivity contribution in [1.29, 1.82) is 0 Å². The van der Waals surface area contributed by atoms with Crippen molar-refractivity contribution < 1.29 is 4.79 Å². The highest BCUT2D eigenvalue weighted by Crippen LogP contribution is 2.24. The maximum Gasteiger partial charge on any atom is 0.223 e. The second-order valence-corrected chi connectivity index (χ2v) is 5.83. The van der Waals surface area contributed by atoms with E-state index in [1.54, 1.807) is 11.3 Å². The standard InChI is InChI=1S/C9H12N3OS.Al/c1-7(13)11-9-10-5-8(14-9)6-12-3-2-4-12;/h2,5H,3-4,6H2,1H3,(H,10,11,13);. The molecule has 1 aliphatic heterocycles. The summed E-state index contributed by atoms with van der Waals surface area (Å²) >= 11 is 4.38. The van der Waals surface area contributed by atoms with Crippen molar-refractivity contribution in [1.82, 2.24) is 9.88 Å². The van der Waals surface area contributed by atoms with Gasteiger partial charge in [-0.15, -0.1) is 11.3 Å². The number of amides is 1. The van der Waals surface area contributed by atoms with E-state index in [2.05, 4.69) is 31.5 Å². The first kappa shape index (κ1) is 11.1. The van der Waals surface area contributed by atoms with Crippen LogP contribution in [-0.2, 0) is 11.3 Å². The molecule has 15 heavy (non-hydrogen) atoms. The zero-order valence-electron chi connectivity index (χ0n) is 8.56. The Labute approximate surface area is 101 Å². The van der Waals surface area contributed by atoms with Crippen LogP contribution in [0.4, 0.5) is 5.13 Å². The van der Waals surface area contributed by atoms with Gasteiger partial charge in [0.25, 0.3) is 0 Å². The first-order chi connectivity index (χ1) is 7.13. The maximum atomic E-state index is 10.8. The molecule has 0 saturated carbocycles. The summed E-state index contributed by atoms with van der Waals surface area (Å²) < 4.78 is 0.743. The number of likely N-dealkylation sites (tertiary alicyclic amines) is 1. The van der Waals surface area contributed by atoms with E-state index in [0.29, 0.717) is 5.13 Å². The molecule has 2 heterocycles. The largest absolute Gasteiger partial charge is 0.302 e. The van der Waals surface area contributed by atoms with Crippen LogP contribution in [-0.4, -0.2) is 45.2 Å². The summed E-state index contributed by atoms with van der Waals surface area (Å²) in [5.74, 6) is -0.0649. The minimum absolute atomic E-state index is 0.0649. The van der Waals surface area contributed by atoms with Crippen LogP contribution in [0.3, 0.4) is 0 Å². The lowest BCUT2D eigenvalue weighted by Gasteiger charge is -2.37. The number of carbonyl (C=O) groups excluding carboxylic acids is 1. The van der Waals surface area contributed by atoms with Crippen LogP contribution in [0, 0.1) is 0 Å². The van der Waals surface area contributed by atoms with Crippen LogP contribution in [0.5, 0.6) is 0 Å². The molecule has 0 atom stereocenters. The second-order valence-electron chi connectivity index (χ2n) is 3.77. The summed E-state index contributed by atoms with van der Waals surface area (Å²) in [7, 11) is 0. The second kappa shape index (κ2) is 4.62. The minimum Gasteiger partial charge on any atom is -0.302 e. The fraction of sp³-hybridized carbons (Fsp3) is 0.556. The molecular weight excluding hydrogens is 225 g/mol. The van der Waals surface area contributed by atoms with E-state index in [-0.39, 0.29) is 5.91 Å². The average Bonchev–Trinajstić information content (AvgIpc) is 2.48. The van der Waals surface area contributed by atoms with Gasteiger partial charge in [0.15, 0.2) is 5.13 Å². The van der Waals surface area contributed by atoms with E-state index in [0.717, 1.165) is 24.4 Å². The fourth-order valence-electron chi connectivity index (χ4n) is 1.55. The molecule has 1 saturated heterocycles. The molecule has 4 nitrogen and oxygen atoms in total. The minimum atomic E-state index is -0.0649. The van der Waals surface area contributed by atoms with E-state index in [4.69, 9.17) is 0 Å². The highest BCUT2D eigenvalue weighted by molar-refractivity contribution is 7.15. The van der Waals surface area contributed by atoms with Gasteiger partial charge in [-0.1, -0.05) is 4.78 Å². The highest BCUT2D eigenvalue weighted by Gasteiger charge is 2.21. The molecule has 1 N–H and O–H groups in total. The van der Waals surface area contributed by atoms with Crippen LogP contribution >= 0.6 is 11.3 Å². The number of carbonyl (C=O) groups is 1. The van der Waals surface area contributed by atoms with Gasteiger partial charge in [0.05, 0.1) is 0 Å². The first-order valence-electron chi connectivity index (χ1n) is 4.83. The van der Waals surface area contributed by atoms with Crippen LogP contribution in [0.25, 0.3) is 0 Å². The van der Waals surface area contributed by atoms with Crippen molar-refractivity contribution in [2.75, 3.05) is 18.4 Å². The van der Waals surface area contributed by atoms with Gasteiger partial charge in [-0.25, -0.2) is 4.98 Å². The molecule has 1 aromatic rings. The third kappa shape index (κ3) is 3.02. The van der Waals surface area contributed by atoms with Crippen molar-refractivity contribution in [3.8, 4) is 0 Å². The fourth-order valence-corrected chi connectivity index (χ4v) is 3.05. The Hall–Kier alpha value is -0.408. The molecule has 0 unspecified atom stereocenters. The molecule has 0 aliphatic carbocycles. The van der Waals surface area contributed by atoms with E-state index in [9.17, 15) is 4.79 Å². The lowest BCUT2D eigenvalue weighted by Crippen LogP contribution is -2.42. The Kier molecular flexibility index (Phi) is 3.42. The predicted molar refractivity (Wildman–Crippen MR) is 61.2 cm³/mol. The van der Waals surface area contributed by atoms with Crippen LogP contribution in [0.2, 0.25) is 4.78 Å². The molecule has 78 valence electrons. The summed E-state index contributed by atoms with van der Waals surface area (Å²) in [5, 5.41) is 3.38. The van der Waals surface area contributed by atoms with Gasteiger partial charge in [-0.05, 0) is 13.1 Å². The topological polar surface area (TPSA) is 45.2 Å². The van der Waals surface area contributed by atoms with Gasteiger partial charge in [0.2, 0.25) is 5.91 Å². The molecule has 0 bridgehead atoms. The summed E-state index contributed by atoms with van der Waals surface area (Å²) in [6, 6.07) is 0. The summed E-state index contributed by atoms with van der Waals surface area (Å²) in [6.45, 7) is 4.72. The monoisotopic (exact) mass is 237 g/mol. The third-order valence-corrected chi connectivity index (χ3v) is 3.52. The zero-order valence-corrected chi connectivity index (χ0v) is 10.5. The average molecular weight is 237 g/mol. The van der Waals surface area contributed by atoms with Crippen molar-refractivity contribution in [3.05, 3.63) is 11.1 Å². The highest BCUT2D eigenvalue weighted by atomic mass is 32.1. The Morgan fingerprint density at radius 2 is 2.53 bits per heavy atom. The van der Waals surface area contributed by atoms with E-state index in [1.807, 2.05) is 6.20 Å². The summed E-state index contributed by atoms with van der Waals surface area (Å²) in [4.78, 5) is 18.5. The van der Waals surface area contributed by atoms with Gasteiger partial charge in [0.1, 0.15) is 16.3 Å². The first-order valence-corrected chi connectivity index (χ1v) is 6.32. The zero-order chi connectivity index (χ0) is 10.8. The molecule has 1 fully saturated rings. The number of nitrogens with one attached hydrogen (secondary N) is 1. The SMILES string of the molecule is CC(=O)Nc1ncc(CN2C[CH]([Al])C2)s1. The smallest absolute Gasteiger partial charge is 0.223 e. The Morgan fingerprint density at radius 3 is 3.13 bits per heavy atom. The predicted octanol–water partition coefficient (Wildman–Crippen LogP) is 0.874. The molecular formula is C9H12AlN3OS. The lowest BCUT2D eigenvalue weighted by atomic mass is 10.2. The Bertz CT molecular complexity index is 362. The van der Waals surface area contributed by atoms with Crippen LogP contribution in [0.1, 0.15) is 11.8 Å². The molecule has 1 amide bonds. The number of hydrogen-bond donors (Lipinski definition) is 1. The number of nitrogens with zero attached hydrogens (tertiary/aromatic N) is 2. The number of thiazole rings is 1. The molecule has 2 rings (SSSR count). The lowest BCUT2D eigenvalue weighted by molar-refractivity contribution is -0.114. The van der Waals surface area contributed by atoms with Crippen LogP contribution in [0.15, 0.2) is 6.20 Å². The molecule has 2 radical (unpaired) electrons. The third-order valence-electron chi connectivity index (χ3n) is 2.20. The van der Waals surface area contributed by atoms with E-state index in [1.165, 1.54) is 11.8 Å². The molecule has 0 spiro atoms.